The molecule has 2 fully saturated rings. The van der Waals surface area contributed by atoms with Crippen LogP contribution in [0.2, 0.25) is 0 Å². The summed E-state index contributed by atoms with van der Waals surface area (Å²) in [5, 5.41) is 2.71. The maximum absolute atomic E-state index is 13.4. The minimum Gasteiger partial charge on any atom is -0.352 e. The molecule has 1 saturated carbocycles. The zero-order valence-corrected chi connectivity index (χ0v) is 18.4. The van der Waals surface area contributed by atoms with E-state index in [9.17, 15) is 26.4 Å². The Bertz CT molecular complexity index is 892. The summed E-state index contributed by atoms with van der Waals surface area (Å²) in [6.07, 6.45) is -2.57. The van der Waals surface area contributed by atoms with Crippen LogP contribution in [-0.2, 0) is 14.8 Å². The van der Waals surface area contributed by atoms with E-state index in [4.69, 9.17) is 0 Å². The number of sulfonamides is 1. The lowest BCUT2D eigenvalue weighted by Gasteiger charge is -2.32. The second kappa shape index (κ2) is 8.49. The van der Waals surface area contributed by atoms with E-state index >= 15 is 0 Å². The molecule has 3 atom stereocenters. The van der Waals surface area contributed by atoms with Crippen molar-refractivity contribution in [3.05, 3.63) is 28.8 Å². The lowest BCUT2D eigenvalue weighted by Crippen LogP contribution is -2.50. The molecule has 3 rings (SSSR count). The van der Waals surface area contributed by atoms with Gasteiger partial charge < -0.3 is 5.32 Å². The quantitative estimate of drug-likeness (QED) is 0.760. The number of hydrogen-bond acceptors (Lipinski definition) is 3. The average Bonchev–Trinajstić information content (AvgIpc) is 3.11. The lowest BCUT2D eigenvalue weighted by molar-refractivity contribution is -0.184. The highest BCUT2D eigenvalue weighted by Crippen LogP contribution is 2.38. The Labute approximate surface area is 176 Å². The molecule has 168 valence electrons. The van der Waals surface area contributed by atoms with Gasteiger partial charge in [0.2, 0.25) is 15.9 Å². The lowest BCUT2D eigenvalue weighted by atomic mass is 9.85. The fourth-order valence-electron chi connectivity index (χ4n) is 4.90. The van der Waals surface area contributed by atoms with Crippen LogP contribution in [0.15, 0.2) is 17.0 Å². The summed E-state index contributed by atoms with van der Waals surface area (Å²) in [5.74, 6) is -1.91. The van der Waals surface area contributed by atoms with Gasteiger partial charge in [-0.15, -0.1) is 0 Å². The van der Waals surface area contributed by atoms with E-state index in [1.54, 1.807) is 26.0 Å². The van der Waals surface area contributed by atoms with Gasteiger partial charge in [-0.3, -0.25) is 4.79 Å². The number of halogens is 3. The maximum atomic E-state index is 13.4. The first kappa shape index (κ1) is 23.1. The fourth-order valence-corrected chi connectivity index (χ4v) is 6.97. The number of carbonyl (C=O) groups is 1. The summed E-state index contributed by atoms with van der Waals surface area (Å²) in [5.41, 5.74) is 2.20. The van der Waals surface area contributed by atoms with Gasteiger partial charge in [0.05, 0.1) is 10.8 Å². The standard InChI is InChI=1S/C21H29F3N2O3S/c1-13-10-14(2)19(15(3)11-13)30(28,29)26-9-5-8-18(26)20(27)25-17-7-4-6-16(12-17)21(22,23)24/h10-11,16-18H,4-9,12H2,1-3H3,(H,25,27). The molecule has 1 N–H and O–H groups in total. The van der Waals surface area contributed by atoms with Crippen LogP contribution in [0.5, 0.6) is 0 Å². The van der Waals surface area contributed by atoms with Crippen molar-refractivity contribution in [2.75, 3.05) is 6.54 Å². The first-order valence-corrected chi connectivity index (χ1v) is 11.8. The van der Waals surface area contributed by atoms with Crippen LogP contribution in [0, 0.1) is 26.7 Å². The molecule has 1 heterocycles. The highest BCUT2D eigenvalue weighted by Gasteiger charge is 2.44. The van der Waals surface area contributed by atoms with Crippen LogP contribution < -0.4 is 5.32 Å². The van der Waals surface area contributed by atoms with E-state index in [1.165, 1.54) is 4.31 Å². The SMILES string of the molecule is Cc1cc(C)c(S(=O)(=O)N2CCCC2C(=O)NC2CCCC(C(F)(F)F)C2)c(C)c1. The van der Waals surface area contributed by atoms with Crippen molar-refractivity contribution in [3.63, 3.8) is 0 Å². The first-order valence-electron chi connectivity index (χ1n) is 10.4. The molecular weight excluding hydrogens is 417 g/mol. The molecule has 5 nitrogen and oxygen atoms in total. The highest BCUT2D eigenvalue weighted by molar-refractivity contribution is 7.89. The molecule has 0 aromatic heterocycles. The third-order valence-electron chi connectivity index (χ3n) is 6.16. The second-order valence-electron chi connectivity index (χ2n) is 8.61. The van der Waals surface area contributed by atoms with Crippen LogP contribution in [-0.4, -0.2) is 43.4 Å². The molecule has 0 spiro atoms. The Morgan fingerprint density at radius 3 is 2.30 bits per heavy atom. The van der Waals surface area contributed by atoms with E-state index in [1.807, 2.05) is 6.92 Å². The second-order valence-corrected chi connectivity index (χ2v) is 10.4. The van der Waals surface area contributed by atoms with Crippen LogP contribution in [0.3, 0.4) is 0 Å². The monoisotopic (exact) mass is 446 g/mol. The van der Waals surface area contributed by atoms with Crippen LogP contribution in [0.25, 0.3) is 0 Å². The van der Waals surface area contributed by atoms with E-state index in [0.29, 0.717) is 36.8 Å². The van der Waals surface area contributed by atoms with Crippen LogP contribution >= 0.6 is 0 Å². The number of nitrogens with one attached hydrogen (secondary N) is 1. The number of alkyl halides is 3. The molecule has 1 saturated heterocycles. The molecular formula is C21H29F3N2O3S. The molecule has 9 heteroatoms. The highest BCUT2D eigenvalue weighted by atomic mass is 32.2. The Morgan fingerprint density at radius 1 is 1.07 bits per heavy atom. The molecule has 2 aliphatic rings. The Morgan fingerprint density at radius 2 is 1.70 bits per heavy atom. The molecule has 0 radical (unpaired) electrons. The summed E-state index contributed by atoms with van der Waals surface area (Å²) in [6.45, 7) is 5.58. The van der Waals surface area contributed by atoms with Crippen molar-refractivity contribution < 1.29 is 26.4 Å². The molecule has 1 aromatic carbocycles. The third-order valence-corrected chi connectivity index (χ3v) is 8.38. The Balaban J connectivity index is 1.78. The predicted molar refractivity (Wildman–Crippen MR) is 108 cm³/mol. The topological polar surface area (TPSA) is 66.5 Å². The summed E-state index contributed by atoms with van der Waals surface area (Å²) in [6, 6.07) is 2.13. The normalized spacial score (nSPS) is 26.0. The van der Waals surface area contributed by atoms with Gasteiger partial charge in [0.25, 0.3) is 0 Å². The summed E-state index contributed by atoms with van der Waals surface area (Å²) >= 11 is 0. The number of benzene rings is 1. The summed E-state index contributed by atoms with van der Waals surface area (Å²) < 4.78 is 67.2. The minimum atomic E-state index is -4.27. The fraction of sp³-hybridized carbons (Fsp3) is 0.667. The van der Waals surface area contributed by atoms with Gasteiger partial charge in [-0.05, 0) is 64.0 Å². The zero-order valence-electron chi connectivity index (χ0n) is 17.6. The van der Waals surface area contributed by atoms with Crippen molar-refractivity contribution in [1.29, 1.82) is 0 Å². The number of nitrogens with zero attached hydrogens (tertiary/aromatic N) is 1. The van der Waals surface area contributed by atoms with Crippen LogP contribution in [0.1, 0.15) is 55.2 Å². The van der Waals surface area contributed by atoms with E-state index in [2.05, 4.69) is 5.32 Å². The molecule has 3 unspecified atom stereocenters. The number of amides is 1. The van der Waals surface area contributed by atoms with E-state index in [0.717, 1.165) is 5.56 Å². The molecule has 1 aliphatic heterocycles. The van der Waals surface area contributed by atoms with Crippen molar-refractivity contribution >= 4 is 15.9 Å². The number of hydrogen-bond donors (Lipinski definition) is 1. The largest absolute Gasteiger partial charge is 0.391 e. The first-order chi connectivity index (χ1) is 13.9. The van der Waals surface area contributed by atoms with Gasteiger partial charge in [0.1, 0.15) is 6.04 Å². The van der Waals surface area contributed by atoms with Gasteiger partial charge in [0.15, 0.2) is 0 Å². The molecule has 1 aliphatic carbocycles. The molecule has 1 aromatic rings. The van der Waals surface area contributed by atoms with E-state index < -0.39 is 40.1 Å². The predicted octanol–water partition coefficient (Wildman–Crippen LogP) is 4.00. The third kappa shape index (κ3) is 4.66. The molecule has 30 heavy (non-hydrogen) atoms. The number of carbonyl (C=O) groups excluding carboxylic acids is 1. The van der Waals surface area contributed by atoms with Gasteiger partial charge >= 0.3 is 6.18 Å². The van der Waals surface area contributed by atoms with Crippen LogP contribution in [0.4, 0.5) is 13.2 Å². The van der Waals surface area contributed by atoms with Crippen molar-refractivity contribution in [3.8, 4) is 0 Å². The van der Waals surface area contributed by atoms with E-state index in [-0.39, 0.29) is 24.3 Å². The minimum absolute atomic E-state index is 0.0752. The number of aryl methyl sites for hydroxylation is 3. The summed E-state index contributed by atoms with van der Waals surface area (Å²) in [4.78, 5) is 13.1. The van der Waals surface area contributed by atoms with Crippen molar-refractivity contribution in [1.82, 2.24) is 9.62 Å². The zero-order chi connectivity index (χ0) is 22.3. The smallest absolute Gasteiger partial charge is 0.352 e. The van der Waals surface area contributed by atoms with Crippen molar-refractivity contribution in [2.45, 2.75) is 82.5 Å². The Kier molecular flexibility index (Phi) is 6.53. The average molecular weight is 447 g/mol. The van der Waals surface area contributed by atoms with Gasteiger partial charge in [-0.2, -0.15) is 17.5 Å². The Hall–Kier alpha value is -1.61. The maximum Gasteiger partial charge on any atom is 0.391 e. The van der Waals surface area contributed by atoms with Gasteiger partial charge in [-0.25, -0.2) is 8.42 Å². The van der Waals surface area contributed by atoms with Crippen molar-refractivity contribution in [2.24, 2.45) is 5.92 Å². The molecule has 0 bridgehead atoms. The molecule has 1 amide bonds. The van der Waals surface area contributed by atoms with Gasteiger partial charge in [-0.1, -0.05) is 24.1 Å². The summed E-state index contributed by atoms with van der Waals surface area (Å²) in [7, 11) is -3.89. The number of rotatable bonds is 4. The van der Waals surface area contributed by atoms with Gasteiger partial charge in [0, 0.05) is 12.6 Å².